The molecule has 1 aromatic heterocycles. The highest BCUT2D eigenvalue weighted by molar-refractivity contribution is 5.36. The fourth-order valence-electron chi connectivity index (χ4n) is 1.60. The smallest absolute Gasteiger partial charge is 0.260 e. The first kappa shape index (κ1) is 12.3. The number of aromatic nitrogens is 2. The van der Waals surface area contributed by atoms with Gasteiger partial charge < -0.3 is 4.74 Å². The van der Waals surface area contributed by atoms with Gasteiger partial charge in [0.25, 0.3) is 5.88 Å². The van der Waals surface area contributed by atoms with E-state index < -0.39 is 5.82 Å². The summed E-state index contributed by atoms with van der Waals surface area (Å²) in [6.45, 7) is 3.87. The summed E-state index contributed by atoms with van der Waals surface area (Å²) in [5.41, 5.74) is 4.28. The summed E-state index contributed by atoms with van der Waals surface area (Å²) in [5.74, 6) is 4.96. The number of nitrogens with zero attached hydrogens (tertiary/aromatic N) is 2. The van der Waals surface area contributed by atoms with Crippen molar-refractivity contribution in [2.75, 3.05) is 5.43 Å². The number of hydrogen-bond donors (Lipinski definition) is 2. The lowest BCUT2D eigenvalue weighted by Crippen LogP contribution is -2.11. The van der Waals surface area contributed by atoms with Crippen LogP contribution < -0.4 is 16.0 Å². The number of hydrogen-bond acceptors (Lipinski definition) is 5. The zero-order valence-corrected chi connectivity index (χ0v) is 10.1. The van der Waals surface area contributed by atoms with E-state index in [0.29, 0.717) is 5.75 Å². The van der Waals surface area contributed by atoms with Crippen molar-refractivity contribution in [3.8, 4) is 11.6 Å². The Balaban J connectivity index is 2.33. The van der Waals surface area contributed by atoms with Crippen LogP contribution in [0.5, 0.6) is 11.6 Å². The third-order valence-corrected chi connectivity index (χ3v) is 2.25. The molecule has 0 saturated heterocycles. The number of nitrogens with one attached hydrogen (secondary N) is 1. The van der Waals surface area contributed by atoms with Gasteiger partial charge in [0.15, 0.2) is 0 Å². The molecule has 2 rings (SSSR count). The van der Waals surface area contributed by atoms with E-state index >= 15 is 0 Å². The Morgan fingerprint density at radius 3 is 2.50 bits per heavy atom. The molecule has 0 aliphatic rings. The maximum Gasteiger partial charge on any atom is 0.260 e. The number of halogens is 1. The van der Waals surface area contributed by atoms with Gasteiger partial charge in [-0.15, -0.1) is 0 Å². The van der Waals surface area contributed by atoms with E-state index in [1.54, 1.807) is 12.1 Å². The minimum atomic E-state index is -0.645. The molecular formula is C12H13FN4O. The molecule has 0 aliphatic heterocycles. The van der Waals surface area contributed by atoms with Gasteiger partial charge in [-0.25, -0.2) is 10.8 Å². The summed E-state index contributed by atoms with van der Waals surface area (Å²) in [4.78, 5) is 7.43. The van der Waals surface area contributed by atoms with Gasteiger partial charge in [0.2, 0.25) is 11.8 Å². The van der Waals surface area contributed by atoms with E-state index in [1.165, 1.54) is 0 Å². The molecule has 1 aromatic carbocycles. The van der Waals surface area contributed by atoms with Crippen LogP contribution in [0, 0.1) is 19.7 Å². The molecule has 0 saturated carbocycles. The highest BCUT2D eigenvalue weighted by Crippen LogP contribution is 2.24. The second-order valence-electron chi connectivity index (χ2n) is 3.92. The van der Waals surface area contributed by atoms with Gasteiger partial charge in [0.1, 0.15) is 5.75 Å². The molecule has 2 aromatic rings. The van der Waals surface area contributed by atoms with Crippen LogP contribution in [0.2, 0.25) is 0 Å². The Morgan fingerprint density at radius 2 is 1.89 bits per heavy atom. The van der Waals surface area contributed by atoms with E-state index in [2.05, 4.69) is 15.4 Å². The summed E-state index contributed by atoms with van der Waals surface area (Å²) in [5, 5.41) is 0. The zero-order chi connectivity index (χ0) is 13.1. The molecule has 0 bridgehead atoms. The number of anilines is 1. The monoisotopic (exact) mass is 248 g/mol. The van der Waals surface area contributed by atoms with Crippen molar-refractivity contribution in [2.45, 2.75) is 13.8 Å². The molecule has 0 fully saturated rings. The SMILES string of the molecule is Cc1cc(C)cc(Oc2nc(NN)ncc2F)c1. The molecule has 94 valence electrons. The first-order chi connectivity index (χ1) is 8.58. The Kier molecular flexibility index (Phi) is 3.38. The van der Waals surface area contributed by atoms with Crippen LogP contribution in [0.1, 0.15) is 11.1 Å². The number of nitrogens with two attached hydrogens (primary N) is 1. The molecule has 0 spiro atoms. The van der Waals surface area contributed by atoms with Gasteiger partial charge in [-0.2, -0.15) is 9.37 Å². The summed E-state index contributed by atoms with van der Waals surface area (Å²) >= 11 is 0. The topological polar surface area (TPSA) is 73.1 Å². The third-order valence-electron chi connectivity index (χ3n) is 2.25. The minimum Gasteiger partial charge on any atom is -0.436 e. The van der Waals surface area contributed by atoms with Crippen molar-refractivity contribution in [3.05, 3.63) is 41.3 Å². The molecule has 18 heavy (non-hydrogen) atoms. The van der Waals surface area contributed by atoms with Crippen LogP contribution >= 0.6 is 0 Å². The summed E-state index contributed by atoms with van der Waals surface area (Å²) in [7, 11) is 0. The predicted octanol–water partition coefficient (Wildman–Crippen LogP) is 2.31. The lowest BCUT2D eigenvalue weighted by atomic mass is 10.1. The van der Waals surface area contributed by atoms with Crippen molar-refractivity contribution in [1.29, 1.82) is 0 Å². The minimum absolute atomic E-state index is 0.0933. The molecule has 6 heteroatoms. The van der Waals surface area contributed by atoms with Crippen molar-refractivity contribution >= 4 is 5.95 Å². The highest BCUT2D eigenvalue weighted by atomic mass is 19.1. The highest BCUT2D eigenvalue weighted by Gasteiger charge is 2.09. The lowest BCUT2D eigenvalue weighted by Gasteiger charge is -2.08. The molecule has 1 heterocycles. The van der Waals surface area contributed by atoms with E-state index in [9.17, 15) is 4.39 Å². The Morgan fingerprint density at radius 1 is 1.22 bits per heavy atom. The standard InChI is InChI=1S/C12H13FN4O/c1-7-3-8(2)5-9(4-7)18-11-10(13)6-15-12(16-11)17-14/h3-6H,14H2,1-2H3,(H,15,16,17). The number of benzene rings is 1. The molecule has 0 unspecified atom stereocenters. The molecule has 0 atom stereocenters. The van der Waals surface area contributed by atoms with Gasteiger partial charge in [0.05, 0.1) is 6.20 Å². The Labute approximate surface area is 104 Å². The first-order valence-electron chi connectivity index (χ1n) is 5.34. The van der Waals surface area contributed by atoms with E-state index in [4.69, 9.17) is 10.6 Å². The van der Waals surface area contributed by atoms with Crippen LogP contribution in [-0.4, -0.2) is 9.97 Å². The maximum absolute atomic E-state index is 13.5. The largest absolute Gasteiger partial charge is 0.436 e. The average Bonchev–Trinajstić information content (AvgIpc) is 2.30. The quantitative estimate of drug-likeness (QED) is 0.644. The van der Waals surface area contributed by atoms with Gasteiger partial charge in [-0.3, -0.25) is 5.43 Å². The third kappa shape index (κ3) is 2.72. The van der Waals surface area contributed by atoms with E-state index in [1.807, 2.05) is 19.9 Å². The summed E-state index contributed by atoms with van der Waals surface area (Å²) in [6, 6.07) is 5.59. The number of nitrogen functional groups attached to an aromatic ring is 1. The van der Waals surface area contributed by atoms with Gasteiger partial charge in [-0.1, -0.05) is 6.07 Å². The molecule has 0 radical (unpaired) electrons. The predicted molar refractivity (Wildman–Crippen MR) is 65.8 cm³/mol. The Bertz CT molecular complexity index is 554. The van der Waals surface area contributed by atoms with Gasteiger partial charge >= 0.3 is 0 Å². The van der Waals surface area contributed by atoms with Crippen LogP contribution in [0.4, 0.5) is 10.3 Å². The number of hydrazine groups is 1. The molecule has 0 aliphatic carbocycles. The van der Waals surface area contributed by atoms with Crippen molar-refractivity contribution in [1.82, 2.24) is 9.97 Å². The number of ether oxygens (including phenoxy) is 1. The zero-order valence-electron chi connectivity index (χ0n) is 10.1. The number of aryl methyl sites for hydroxylation is 2. The van der Waals surface area contributed by atoms with Crippen molar-refractivity contribution < 1.29 is 9.13 Å². The van der Waals surface area contributed by atoms with Gasteiger partial charge in [0, 0.05) is 0 Å². The van der Waals surface area contributed by atoms with E-state index in [-0.39, 0.29) is 11.8 Å². The molecule has 3 N–H and O–H groups in total. The molecule has 5 nitrogen and oxygen atoms in total. The van der Waals surface area contributed by atoms with Crippen molar-refractivity contribution in [3.63, 3.8) is 0 Å². The number of rotatable bonds is 3. The summed E-state index contributed by atoms with van der Waals surface area (Å²) < 4.78 is 18.9. The average molecular weight is 248 g/mol. The van der Waals surface area contributed by atoms with Crippen LogP contribution in [-0.2, 0) is 0 Å². The van der Waals surface area contributed by atoms with Crippen LogP contribution in [0.25, 0.3) is 0 Å². The summed E-state index contributed by atoms with van der Waals surface area (Å²) in [6.07, 6.45) is 1.00. The van der Waals surface area contributed by atoms with Gasteiger partial charge in [-0.05, 0) is 37.1 Å². The lowest BCUT2D eigenvalue weighted by molar-refractivity contribution is 0.420. The van der Waals surface area contributed by atoms with Crippen LogP contribution in [0.15, 0.2) is 24.4 Å². The normalized spacial score (nSPS) is 10.2. The maximum atomic E-state index is 13.5. The Hall–Kier alpha value is -2.21. The van der Waals surface area contributed by atoms with Crippen molar-refractivity contribution in [2.24, 2.45) is 5.84 Å². The second-order valence-corrected chi connectivity index (χ2v) is 3.92. The van der Waals surface area contributed by atoms with E-state index in [0.717, 1.165) is 17.3 Å². The first-order valence-corrected chi connectivity index (χ1v) is 5.34. The fraction of sp³-hybridized carbons (Fsp3) is 0.167. The molecule has 0 amide bonds. The molecular weight excluding hydrogens is 235 g/mol. The fourth-order valence-corrected chi connectivity index (χ4v) is 1.60. The second kappa shape index (κ2) is 4.97. The van der Waals surface area contributed by atoms with Crippen LogP contribution in [0.3, 0.4) is 0 Å².